The summed E-state index contributed by atoms with van der Waals surface area (Å²) in [5.74, 6) is -0.684. The van der Waals surface area contributed by atoms with Gasteiger partial charge in [0.15, 0.2) is 0 Å². The van der Waals surface area contributed by atoms with Crippen molar-refractivity contribution in [3.8, 4) is 11.9 Å². The average molecular weight is 237 g/mol. The van der Waals surface area contributed by atoms with E-state index >= 15 is 0 Å². The van der Waals surface area contributed by atoms with Crippen LogP contribution in [0.25, 0.3) is 0 Å². The van der Waals surface area contributed by atoms with Gasteiger partial charge in [0, 0.05) is 11.8 Å². The fraction of sp³-hybridized carbons (Fsp3) is 0.250. The third kappa shape index (κ3) is 3.29. The number of ether oxygens (including phenoxy) is 1. The van der Waals surface area contributed by atoms with Crippen molar-refractivity contribution in [1.29, 1.82) is 5.26 Å². The highest BCUT2D eigenvalue weighted by Gasteiger charge is 2.33. The zero-order valence-corrected chi connectivity index (χ0v) is 7.93. The third-order valence-corrected chi connectivity index (χ3v) is 1.78. The molecule has 15 heavy (non-hydrogen) atoms. The highest BCUT2D eigenvalue weighted by Crippen LogP contribution is 2.28. The molecule has 0 saturated heterocycles. The van der Waals surface area contributed by atoms with Crippen LogP contribution in [0.3, 0.4) is 0 Å². The molecule has 7 heteroatoms. The first-order valence-corrected chi connectivity index (χ1v) is 4.08. The molecule has 3 nitrogen and oxygen atoms in total. The van der Waals surface area contributed by atoms with Crippen molar-refractivity contribution in [2.24, 2.45) is 0 Å². The molecule has 1 rings (SSSR count). The molecule has 1 aromatic rings. The van der Waals surface area contributed by atoms with E-state index in [1.54, 1.807) is 6.07 Å². The maximum atomic E-state index is 11.9. The quantitative estimate of drug-likeness (QED) is 0.793. The molecule has 0 spiro atoms. The maximum Gasteiger partial charge on any atom is 0.574 e. The fourth-order valence-corrected chi connectivity index (χ4v) is 1.09. The van der Waals surface area contributed by atoms with Gasteiger partial charge in [-0.25, -0.2) is 4.98 Å². The Kier molecular flexibility index (Phi) is 3.37. The summed E-state index contributed by atoms with van der Waals surface area (Å²) in [5.41, 5.74) is -0.0704. The zero-order valence-electron chi connectivity index (χ0n) is 7.18. The second-order valence-corrected chi connectivity index (χ2v) is 2.87. The molecule has 0 atom stereocenters. The molecule has 0 bridgehead atoms. The summed E-state index contributed by atoms with van der Waals surface area (Å²) in [7, 11) is 0. The van der Waals surface area contributed by atoms with Crippen molar-refractivity contribution in [3.63, 3.8) is 0 Å². The van der Waals surface area contributed by atoms with Gasteiger partial charge in [-0.1, -0.05) is 11.6 Å². The van der Waals surface area contributed by atoms with Gasteiger partial charge in [0.05, 0.1) is 17.5 Å². The van der Waals surface area contributed by atoms with Crippen molar-refractivity contribution < 1.29 is 17.9 Å². The lowest BCUT2D eigenvalue weighted by molar-refractivity contribution is -0.276. The SMILES string of the molecule is N#CCc1c(Cl)ccnc1OC(F)(F)F. The Morgan fingerprint density at radius 1 is 1.53 bits per heavy atom. The Morgan fingerprint density at radius 3 is 2.73 bits per heavy atom. The van der Waals surface area contributed by atoms with Crippen LogP contribution in [0.1, 0.15) is 5.56 Å². The van der Waals surface area contributed by atoms with Crippen LogP contribution in [0.4, 0.5) is 13.2 Å². The van der Waals surface area contributed by atoms with Crippen LogP contribution >= 0.6 is 11.6 Å². The Bertz CT molecular complexity index is 400. The van der Waals surface area contributed by atoms with E-state index in [2.05, 4.69) is 9.72 Å². The van der Waals surface area contributed by atoms with Crippen LogP contribution in [0, 0.1) is 11.3 Å². The van der Waals surface area contributed by atoms with Crippen LogP contribution in [-0.2, 0) is 6.42 Å². The van der Waals surface area contributed by atoms with Crippen molar-refractivity contribution >= 4 is 11.6 Å². The summed E-state index contributed by atoms with van der Waals surface area (Å²) in [6.45, 7) is 0. The molecule has 1 heterocycles. The lowest BCUT2D eigenvalue weighted by Crippen LogP contribution is -2.19. The van der Waals surface area contributed by atoms with E-state index in [4.69, 9.17) is 16.9 Å². The lowest BCUT2D eigenvalue weighted by Gasteiger charge is -2.11. The molecule has 0 saturated carbocycles. The third-order valence-electron chi connectivity index (χ3n) is 1.43. The van der Waals surface area contributed by atoms with Gasteiger partial charge < -0.3 is 4.74 Å². The summed E-state index contributed by atoms with van der Waals surface area (Å²) >= 11 is 5.60. The summed E-state index contributed by atoms with van der Waals surface area (Å²) in [4.78, 5) is 3.37. The predicted molar refractivity (Wildman–Crippen MR) is 45.2 cm³/mol. The average Bonchev–Trinajstić information content (AvgIpc) is 2.08. The van der Waals surface area contributed by atoms with E-state index in [0.717, 1.165) is 6.20 Å². The van der Waals surface area contributed by atoms with E-state index in [9.17, 15) is 13.2 Å². The summed E-state index contributed by atoms with van der Waals surface area (Å²) < 4.78 is 39.3. The van der Waals surface area contributed by atoms with Gasteiger partial charge in [0.25, 0.3) is 0 Å². The smallest absolute Gasteiger partial charge is 0.387 e. The zero-order chi connectivity index (χ0) is 11.5. The van der Waals surface area contributed by atoms with Crippen LogP contribution in [0.5, 0.6) is 5.88 Å². The van der Waals surface area contributed by atoms with Gasteiger partial charge in [0.2, 0.25) is 5.88 Å². The maximum absolute atomic E-state index is 11.9. The Morgan fingerprint density at radius 2 is 2.20 bits per heavy atom. The predicted octanol–water partition coefficient (Wildman–Crippen LogP) is 2.70. The van der Waals surface area contributed by atoms with E-state index in [-0.39, 0.29) is 17.0 Å². The summed E-state index contributed by atoms with van der Waals surface area (Å²) in [6.07, 6.45) is -4.07. The van der Waals surface area contributed by atoms with Gasteiger partial charge in [0.1, 0.15) is 0 Å². The topological polar surface area (TPSA) is 45.9 Å². The van der Waals surface area contributed by atoms with E-state index < -0.39 is 12.2 Å². The standard InChI is InChI=1S/C8H4ClF3N2O/c9-6-2-4-14-7(5(6)1-3-13)15-8(10,11)12/h2,4H,1H2. The van der Waals surface area contributed by atoms with E-state index in [1.807, 2.05) is 0 Å². The van der Waals surface area contributed by atoms with Crippen LogP contribution in [0.2, 0.25) is 5.02 Å². The van der Waals surface area contributed by atoms with Crippen molar-refractivity contribution in [2.75, 3.05) is 0 Å². The number of alkyl halides is 3. The van der Waals surface area contributed by atoms with E-state index in [0.29, 0.717) is 0 Å². The minimum absolute atomic E-state index is 0.0193. The number of nitrogens with zero attached hydrogens (tertiary/aromatic N) is 2. The van der Waals surface area contributed by atoms with Gasteiger partial charge >= 0.3 is 6.36 Å². The molecule has 0 aliphatic heterocycles. The van der Waals surface area contributed by atoms with Crippen molar-refractivity contribution in [3.05, 3.63) is 22.8 Å². The first-order valence-electron chi connectivity index (χ1n) is 3.70. The van der Waals surface area contributed by atoms with Gasteiger partial charge in [-0.2, -0.15) is 5.26 Å². The van der Waals surface area contributed by atoms with Crippen LogP contribution in [0.15, 0.2) is 12.3 Å². The number of rotatable bonds is 2. The molecule has 0 unspecified atom stereocenters. The number of pyridine rings is 1. The molecule has 1 aromatic heterocycles. The van der Waals surface area contributed by atoms with Crippen LogP contribution < -0.4 is 4.74 Å². The lowest BCUT2D eigenvalue weighted by atomic mass is 10.2. The number of halogens is 4. The normalized spacial score (nSPS) is 10.9. The van der Waals surface area contributed by atoms with Gasteiger partial charge in [-0.05, 0) is 6.07 Å². The molecule has 0 N–H and O–H groups in total. The monoisotopic (exact) mass is 236 g/mol. The van der Waals surface area contributed by atoms with Crippen molar-refractivity contribution in [1.82, 2.24) is 4.98 Å². The summed E-state index contributed by atoms with van der Waals surface area (Å²) in [6, 6.07) is 2.97. The first-order chi connectivity index (χ1) is 6.94. The molecule has 0 aliphatic carbocycles. The van der Waals surface area contributed by atoms with Gasteiger partial charge in [-0.3, -0.25) is 0 Å². The second-order valence-electron chi connectivity index (χ2n) is 2.46. The largest absolute Gasteiger partial charge is 0.574 e. The molecule has 0 radical (unpaired) electrons. The highest BCUT2D eigenvalue weighted by atomic mass is 35.5. The molecular formula is C8H4ClF3N2O. The number of aromatic nitrogens is 1. The highest BCUT2D eigenvalue weighted by molar-refractivity contribution is 6.31. The molecular weight excluding hydrogens is 233 g/mol. The minimum Gasteiger partial charge on any atom is -0.387 e. The molecule has 0 fully saturated rings. The minimum atomic E-state index is -4.85. The molecule has 0 aliphatic rings. The Labute approximate surface area is 88.1 Å². The first kappa shape index (κ1) is 11.6. The second kappa shape index (κ2) is 4.36. The number of hydrogen-bond donors (Lipinski definition) is 0. The number of nitriles is 1. The van der Waals surface area contributed by atoms with Crippen LogP contribution in [-0.4, -0.2) is 11.3 Å². The Hall–Kier alpha value is -1.48. The molecule has 80 valence electrons. The molecule has 0 amide bonds. The van der Waals surface area contributed by atoms with Crippen molar-refractivity contribution in [2.45, 2.75) is 12.8 Å². The van der Waals surface area contributed by atoms with Gasteiger partial charge in [-0.15, -0.1) is 13.2 Å². The number of hydrogen-bond acceptors (Lipinski definition) is 3. The fourth-order valence-electron chi connectivity index (χ4n) is 0.888. The summed E-state index contributed by atoms with van der Waals surface area (Å²) in [5, 5.41) is 8.41. The van der Waals surface area contributed by atoms with E-state index in [1.165, 1.54) is 6.07 Å². The Balaban J connectivity index is 3.07. The molecule has 0 aromatic carbocycles.